The number of furan rings is 1. The van der Waals surface area contributed by atoms with Crippen LogP contribution >= 0.6 is 0 Å². The van der Waals surface area contributed by atoms with Gasteiger partial charge in [0.2, 0.25) is 5.95 Å². The molecule has 3 heterocycles. The van der Waals surface area contributed by atoms with Gasteiger partial charge >= 0.3 is 12.4 Å². The zero-order valence-electron chi connectivity index (χ0n) is 16.6. The van der Waals surface area contributed by atoms with Gasteiger partial charge in [-0.05, 0) is 30.3 Å². The van der Waals surface area contributed by atoms with Crippen molar-refractivity contribution in [3.8, 4) is 17.2 Å². The summed E-state index contributed by atoms with van der Waals surface area (Å²) >= 11 is 0. The molecule has 0 spiro atoms. The summed E-state index contributed by atoms with van der Waals surface area (Å²) in [5, 5.41) is 14.3. The van der Waals surface area contributed by atoms with E-state index < -0.39 is 41.8 Å². The second-order valence-corrected chi connectivity index (χ2v) is 6.96. The van der Waals surface area contributed by atoms with Gasteiger partial charge in [-0.2, -0.15) is 36.5 Å². The highest BCUT2D eigenvalue weighted by atomic mass is 19.4. The van der Waals surface area contributed by atoms with Crippen LogP contribution in [0.2, 0.25) is 0 Å². The third kappa shape index (κ3) is 3.99. The number of aromatic nitrogens is 2. The first-order valence-electron chi connectivity index (χ1n) is 9.24. The number of rotatable bonds is 4. The number of ether oxygens (including phenoxy) is 1. The number of hydrazone groups is 1. The Morgan fingerprint density at radius 1 is 1.06 bits per heavy atom. The molecule has 174 valence electrons. The molecule has 1 N–H and O–H groups in total. The Balaban J connectivity index is 1.92. The molecular weight excluding hydrogens is 458 g/mol. The molecule has 0 aliphatic carbocycles. The minimum Gasteiger partial charge on any atom is -0.496 e. The Labute approximate surface area is 181 Å². The van der Waals surface area contributed by atoms with Gasteiger partial charge in [-0.1, -0.05) is 12.1 Å². The van der Waals surface area contributed by atoms with Crippen LogP contribution in [-0.4, -0.2) is 39.8 Å². The highest BCUT2D eigenvalue weighted by Crippen LogP contribution is 2.44. The molecule has 1 aliphatic heterocycles. The van der Waals surface area contributed by atoms with Crippen molar-refractivity contribution in [2.45, 2.75) is 24.5 Å². The fourth-order valence-corrected chi connectivity index (χ4v) is 3.23. The average molecular weight is 472 g/mol. The smallest absolute Gasteiger partial charge is 0.438 e. The average Bonchev–Trinajstić information content (AvgIpc) is 3.41. The minimum absolute atomic E-state index is 0.0591. The van der Waals surface area contributed by atoms with Crippen LogP contribution in [0.4, 0.5) is 32.3 Å². The first-order valence-corrected chi connectivity index (χ1v) is 9.24. The van der Waals surface area contributed by atoms with Gasteiger partial charge in [0.15, 0.2) is 11.5 Å². The molecule has 3 aromatic rings. The second-order valence-electron chi connectivity index (χ2n) is 6.96. The van der Waals surface area contributed by atoms with Crippen LogP contribution in [0.1, 0.15) is 17.7 Å². The van der Waals surface area contributed by atoms with Crippen LogP contribution in [0.3, 0.4) is 0 Å². The molecule has 1 aliphatic rings. The fourth-order valence-electron chi connectivity index (χ4n) is 3.23. The lowest BCUT2D eigenvalue weighted by Crippen LogP contribution is -2.55. The molecule has 13 heteroatoms. The van der Waals surface area contributed by atoms with Crippen LogP contribution in [0, 0.1) is 0 Å². The third-order valence-corrected chi connectivity index (χ3v) is 4.82. The van der Waals surface area contributed by atoms with E-state index >= 15 is 0 Å². The summed E-state index contributed by atoms with van der Waals surface area (Å²) in [6.45, 7) is 0. The maximum atomic E-state index is 14.0. The monoisotopic (exact) mass is 472 g/mol. The predicted molar refractivity (Wildman–Crippen MR) is 102 cm³/mol. The van der Waals surface area contributed by atoms with Crippen LogP contribution in [-0.2, 0) is 6.18 Å². The highest BCUT2D eigenvalue weighted by molar-refractivity contribution is 6.05. The van der Waals surface area contributed by atoms with Crippen LogP contribution in [0.15, 0.2) is 58.2 Å². The van der Waals surface area contributed by atoms with Crippen molar-refractivity contribution >= 4 is 11.7 Å². The van der Waals surface area contributed by atoms with E-state index in [1.807, 2.05) is 0 Å². The SMILES string of the molecule is COc1ccccc1C1=NN(c2nc(-c3ccco3)cc(C(F)(F)F)n2)[C@](O)(C(F)(F)F)C1. The third-order valence-electron chi connectivity index (χ3n) is 4.82. The molecule has 0 amide bonds. The van der Waals surface area contributed by atoms with E-state index in [4.69, 9.17) is 9.15 Å². The quantitative estimate of drug-likeness (QED) is 0.558. The summed E-state index contributed by atoms with van der Waals surface area (Å²) in [4.78, 5) is 7.00. The number of alkyl halides is 6. The van der Waals surface area contributed by atoms with E-state index in [1.54, 1.807) is 6.07 Å². The molecule has 1 aromatic carbocycles. The number of halogens is 6. The lowest BCUT2D eigenvalue weighted by atomic mass is 10.0. The van der Waals surface area contributed by atoms with Gasteiger partial charge in [-0.15, -0.1) is 0 Å². The van der Waals surface area contributed by atoms with Crippen LogP contribution in [0.5, 0.6) is 5.75 Å². The van der Waals surface area contributed by atoms with Gasteiger partial charge < -0.3 is 14.3 Å². The maximum absolute atomic E-state index is 14.0. The number of hydrogen-bond donors (Lipinski definition) is 1. The molecule has 2 aromatic heterocycles. The molecule has 4 rings (SSSR count). The van der Waals surface area contributed by atoms with Crippen molar-refractivity contribution in [2.75, 3.05) is 12.1 Å². The van der Waals surface area contributed by atoms with Crippen LogP contribution in [0.25, 0.3) is 11.5 Å². The number of benzene rings is 1. The van der Waals surface area contributed by atoms with Crippen LogP contribution < -0.4 is 9.75 Å². The fraction of sp³-hybridized carbons (Fsp3) is 0.250. The van der Waals surface area contributed by atoms with E-state index in [1.165, 1.54) is 37.4 Å². The van der Waals surface area contributed by atoms with Gasteiger partial charge in [0.1, 0.15) is 11.4 Å². The molecule has 33 heavy (non-hydrogen) atoms. The lowest BCUT2D eigenvalue weighted by molar-refractivity contribution is -0.254. The Bertz CT molecular complexity index is 1190. The molecule has 0 unspecified atom stereocenters. The number of anilines is 1. The van der Waals surface area contributed by atoms with E-state index in [0.717, 1.165) is 6.26 Å². The van der Waals surface area contributed by atoms with Gasteiger partial charge in [-0.25, -0.2) is 9.97 Å². The van der Waals surface area contributed by atoms with E-state index in [2.05, 4.69) is 15.1 Å². The summed E-state index contributed by atoms with van der Waals surface area (Å²) in [6, 6.07) is 9.10. The molecule has 0 radical (unpaired) electrons. The zero-order valence-corrected chi connectivity index (χ0v) is 16.6. The van der Waals surface area contributed by atoms with Crippen molar-refractivity contribution in [1.29, 1.82) is 0 Å². The summed E-state index contributed by atoms with van der Waals surface area (Å²) in [6.07, 6.45) is -10.3. The summed E-state index contributed by atoms with van der Waals surface area (Å²) in [5.74, 6) is -1.10. The summed E-state index contributed by atoms with van der Waals surface area (Å²) < 4.78 is 92.5. The van der Waals surface area contributed by atoms with Crippen molar-refractivity contribution in [1.82, 2.24) is 9.97 Å². The summed E-state index contributed by atoms with van der Waals surface area (Å²) in [7, 11) is 1.29. The lowest BCUT2D eigenvalue weighted by Gasteiger charge is -2.32. The number of methoxy groups -OCH3 is 1. The molecule has 0 bridgehead atoms. The molecule has 0 saturated heterocycles. The molecular formula is C20H14F6N4O3. The number of para-hydroxylation sites is 1. The Morgan fingerprint density at radius 3 is 2.39 bits per heavy atom. The molecule has 0 fully saturated rings. The van der Waals surface area contributed by atoms with Crippen molar-refractivity contribution in [3.05, 3.63) is 60.0 Å². The molecule has 7 nitrogen and oxygen atoms in total. The molecule has 1 atom stereocenters. The van der Waals surface area contributed by atoms with Crippen molar-refractivity contribution in [3.63, 3.8) is 0 Å². The van der Waals surface area contributed by atoms with Gasteiger partial charge in [0.05, 0.1) is 25.5 Å². The number of nitrogens with zero attached hydrogens (tertiary/aromatic N) is 4. The topological polar surface area (TPSA) is 84.0 Å². The normalized spacial score (nSPS) is 19.0. The van der Waals surface area contributed by atoms with Gasteiger partial charge in [0, 0.05) is 5.56 Å². The van der Waals surface area contributed by atoms with Gasteiger partial charge in [0.25, 0.3) is 5.72 Å². The Morgan fingerprint density at radius 2 is 1.79 bits per heavy atom. The molecule has 0 saturated carbocycles. The summed E-state index contributed by atoms with van der Waals surface area (Å²) in [5.41, 5.74) is -5.86. The standard InChI is InChI=1S/C20H14F6N4O3/c1-32-14-6-3-2-5-11(14)13-10-18(31,20(24,25)26)30(29-13)17-27-12(15-7-4-8-33-15)9-16(28-17)19(21,22)23/h2-9,31H,10H2,1H3/t18-/m1/s1. The highest BCUT2D eigenvalue weighted by Gasteiger charge is 2.63. The predicted octanol–water partition coefficient (Wildman–Crippen LogP) is 4.63. The second kappa shape index (κ2) is 7.76. The Hall–Kier alpha value is -3.61. The number of aliphatic hydroxyl groups is 1. The van der Waals surface area contributed by atoms with E-state index in [0.29, 0.717) is 6.07 Å². The van der Waals surface area contributed by atoms with Crippen molar-refractivity contribution in [2.24, 2.45) is 5.10 Å². The first kappa shape index (κ1) is 22.6. The largest absolute Gasteiger partial charge is 0.496 e. The van der Waals surface area contributed by atoms with E-state index in [-0.39, 0.29) is 27.8 Å². The number of hydrogen-bond acceptors (Lipinski definition) is 7. The Kier molecular flexibility index (Phi) is 5.31. The minimum atomic E-state index is -5.33. The van der Waals surface area contributed by atoms with Gasteiger partial charge in [-0.3, -0.25) is 0 Å². The maximum Gasteiger partial charge on any atom is 0.438 e. The first-order chi connectivity index (χ1) is 15.4. The van der Waals surface area contributed by atoms with E-state index in [9.17, 15) is 31.4 Å². The zero-order chi connectivity index (χ0) is 24.0. The van der Waals surface area contributed by atoms with Crippen molar-refractivity contribution < 1.29 is 40.6 Å².